The molecule has 1 aromatic rings. The lowest BCUT2D eigenvalue weighted by molar-refractivity contribution is 0.0657. The fraction of sp³-hybridized carbons (Fsp3) is 0.667. The molecule has 2 rings (SSSR count). The molecule has 1 aliphatic heterocycles. The summed E-state index contributed by atoms with van der Waals surface area (Å²) in [7, 11) is -3.65. The minimum Gasteiger partial charge on any atom is -0.350 e. The summed E-state index contributed by atoms with van der Waals surface area (Å²) in [5, 5.41) is 3.20. The SMILES string of the molecule is CCN(CC)S(=O)(=O)c1ccc(Cl)c(C(=O)NCC(C)(C)N2CCCC(C)C2)c1. The van der Waals surface area contributed by atoms with Crippen molar-refractivity contribution in [3.63, 3.8) is 0 Å². The van der Waals surface area contributed by atoms with E-state index in [0.717, 1.165) is 19.5 Å². The number of nitrogens with one attached hydrogen (secondary N) is 1. The maximum atomic E-state index is 12.8. The van der Waals surface area contributed by atoms with Crippen LogP contribution >= 0.6 is 11.6 Å². The van der Waals surface area contributed by atoms with Crippen LogP contribution in [-0.2, 0) is 10.0 Å². The molecular weight excluding hydrogens is 410 g/mol. The van der Waals surface area contributed by atoms with Crippen LogP contribution in [-0.4, -0.2) is 61.8 Å². The highest BCUT2D eigenvalue weighted by molar-refractivity contribution is 7.89. The highest BCUT2D eigenvalue weighted by Gasteiger charge is 2.31. The van der Waals surface area contributed by atoms with Crippen LogP contribution in [0.3, 0.4) is 0 Å². The molecule has 1 amide bonds. The van der Waals surface area contributed by atoms with Gasteiger partial charge in [-0.05, 0) is 57.4 Å². The Morgan fingerprint density at radius 3 is 2.55 bits per heavy atom. The summed E-state index contributed by atoms with van der Waals surface area (Å²) in [6.45, 7) is 13.3. The van der Waals surface area contributed by atoms with Crippen molar-refractivity contribution in [1.29, 1.82) is 0 Å². The second kappa shape index (κ2) is 9.77. The zero-order chi connectivity index (χ0) is 21.8. The Morgan fingerprint density at radius 2 is 1.97 bits per heavy atom. The van der Waals surface area contributed by atoms with Gasteiger partial charge in [0, 0.05) is 31.7 Å². The van der Waals surface area contributed by atoms with E-state index >= 15 is 0 Å². The monoisotopic (exact) mass is 443 g/mol. The number of carbonyl (C=O) groups is 1. The first-order valence-corrected chi connectivity index (χ1v) is 12.2. The van der Waals surface area contributed by atoms with Crippen molar-refractivity contribution < 1.29 is 13.2 Å². The number of piperidine rings is 1. The van der Waals surface area contributed by atoms with Crippen LogP contribution in [0.15, 0.2) is 23.1 Å². The van der Waals surface area contributed by atoms with Gasteiger partial charge in [0.15, 0.2) is 0 Å². The van der Waals surface area contributed by atoms with Crippen molar-refractivity contribution in [2.45, 2.75) is 57.9 Å². The van der Waals surface area contributed by atoms with Gasteiger partial charge >= 0.3 is 0 Å². The largest absolute Gasteiger partial charge is 0.350 e. The standard InChI is InChI=1S/C21H34ClN3O3S/c1-6-25(7-2)29(27,28)17-10-11-19(22)18(13-17)20(26)23-15-21(4,5)24-12-8-9-16(3)14-24/h10-11,13,16H,6-9,12,14-15H2,1-5H3,(H,23,26). The van der Waals surface area contributed by atoms with Crippen LogP contribution in [0.25, 0.3) is 0 Å². The molecule has 1 unspecified atom stereocenters. The maximum absolute atomic E-state index is 12.8. The van der Waals surface area contributed by atoms with Gasteiger partial charge in [0.05, 0.1) is 15.5 Å². The molecule has 0 saturated carbocycles. The lowest BCUT2D eigenvalue weighted by Gasteiger charge is -2.43. The quantitative estimate of drug-likeness (QED) is 0.666. The Hall–Kier alpha value is -1.15. The van der Waals surface area contributed by atoms with Crippen molar-refractivity contribution in [2.24, 2.45) is 5.92 Å². The van der Waals surface area contributed by atoms with E-state index in [9.17, 15) is 13.2 Å². The smallest absolute Gasteiger partial charge is 0.252 e. The fourth-order valence-electron chi connectivity index (χ4n) is 3.79. The molecule has 29 heavy (non-hydrogen) atoms. The number of nitrogens with zero attached hydrogens (tertiary/aromatic N) is 2. The third-order valence-corrected chi connectivity index (χ3v) is 8.10. The third kappa shape index (κ3) is 5.72. The van der Waals surface area contributed by atoms with E-state index in [-0.39, 0.29) is 26.9 Å². The van der Waals surface area contributed by atoms with E-state index in [1.807, 2.05) is 0 Å². The van der Waals surface area contributed by atoms with Crippen LogP contribution in [0.1, 0.15) is 57.8 Å². The second-order valence-corrected chi connectivity index (χ2v) is 10.8. The Kier molecular flexibility index (Phi) is 8.13. The summed E-state index contributed by atoms with van der Waals surface area (Å²) in [5.74, 6) is 0.292. The molecular formula is C21H34ClN3O3S. The number of rotatable bonds is 8. The van der Waals surface area contributed by atoms with Crippen molar-refractivity contribution >= 4 is 27.5 Å². The van der Waals surface area contributed by atoms with Crippen LogP contribution in [0.5, 0.6) is 0 Å². The lowest BCUT2D eigenvalue weighted by atomic mass is 9.93. The van der Waals surface area contributed by atoms with Gasteiger partial charge in [-0.15, -0.1) is 0 Å². The van der Waals surface area contributed by atoms with E-state index < -0.39 is 10.0 Å². The summed E-state index contributed by atoms with van der Waals surface area (Å²) in [6.07, 6.45) is 2.40. The first-order chi connectivity index (χ1) is 13.5. The number of hydrogen-bond acceptors (Lipinski definition) is 4. The van der Waals surface area contributed by atoms with E-state index in [2.05, 4.69) is 31.0 Å². The highest BCUT2D eigenvalue weighted by Crippen LogP contribution is 2.25. The fourth-order valence-corrected chi connectivity index (χ4v) is 5.48. The Labute approximate surface area is 180 Å². The molecule has 1 N–H and O–H groups in total. The molecule has 1 aliphatic rings. The van der Waals surface area contributed by atoms with Crippen molar-refractivity contribution in [3.8, 4) is 0 Å². The average Bonchev–Trinajstić information content (AvgIpc) is 2.67. The average molecular weight is 444 g/mol. The summed E-state index contributed by atoms with van der Waals surface area (Å²) in [6, 6.07) is 4.30. The number of halogens is 1. The molecule has 1 aromatic carbocycles. The van der Waals surface area contributed by atoms with Crippen LogP contribution in [0.4, 0.5) is 0 Å². The minimum atomic E-state index is -3.65. The van der Waals surface area contributed by atoms with Crippen LogP contribution in [0, 0.1) is 5.92 Å². The number of sulfonamides is 1. The van der Waals surface area contributed by atoms with Gasteiger partial charge in [-0.25, -0.2) is 8.42 Å². The number of carbonyl (C=O) groups excluding carboxylic acids is 1. The van der Waals surface area contributed by atoms with Crippen molar-refractivity contribution in [3.05, 3.63) is 28.8 Å². The first kappa shape index (κ1) is 24.1. The molecule has 1 saturated heterocycles. The van der Waals surface area contributed by atoms with Crippen molar-refractivity contribution in [1.82, 2.24) is 14.5 Å². The number of hydrogen-bond donors (Lipinski definition) is 1. The summed E-state index contributed by atoms with van der Waals surface area (Å²) in [5.41, 5.74) is -0.00967. The van der Waals surface area contributed by atoms with E-state index in [1.54, 1.807) is 13.8 Å². The predicted octanol–water partition coefficient (Wildman–Crippen LogP) is 3.61. The number of likely N-dealkylation sites (tertiary alicyclic amines) is 1. The zero-order valence-electron chi connectivity index (χ0n) is 18.2. The van der Waals surface area contributed by atoms with Gasteiger partial charge in [0.1, 0.15) is 0 Å². The number of benzene rings is 1. The zero-order valence-corrected chi connectivity index (χ0v) is 19.7. The van der Waals surface area contributed by atoms with Crippen LogP contribution in [0.2, 0.25) is 5.02 Å². The lowest BCUT2D eigenvalue weighted by Crippen LogP contribution is -2.54. The van der Waals surface area contributed by atoms with Gasteiger partial charge in [-0.3, -0.25) is 9.69 Å². The summed E-state index contributed by atoms with van der Waals surface area (Å²) < 4.78 is 26.9. The minimum absolute atomic E-state index is 0.0832. The molecule has 0 spiro atoms. The van der Waals surface area contributed by atoms with Gasteiger partial charge in [0.2, 0.25) is 10.0 Å². The molecule has 6 nitrogen and oxygen atoms in total. The van der Waals surface area contributed by atoms with Gasteiger partial charge in [0.25, 0.3) is 5.91 Å². The second-order valence-electron chi connectivity index (χ2n) is 8.42. The highest BCUT2D eigenvalue weighted by atomic mass is 35.5. The van der Waals surface area contributed by atoms with E-state index in [0.29, 0.717) is 25.6 Å². The molecule has 0 aliphatic carbocycles. The summed E-state index contributed by atoms with van der Waals surface area (Å²) >= 11 is 6.23. The maximum Gasteiger partial charge on any atom is 0.252 e. The predicted molar refractivity (Wildman–Crippen MR) is 118 cm³/mol. The molecule has 0 aromatic heterocycles. The molecule has 1 heterocycles. The van der Waals surface area contributed by atoms with Gasteiger partial charge < -0.3 is 5.32 Å². The number of amides is 1. The van der Waals surface area contributed by atoms with Gasteiger partial charge in [-0.2, -0.15) is 4.31 Å². The first-order valence-electron chi connectivity index (χ1n) is 10.4. The normalized spacial score (nSPS) is 18.8. The summed E-state index contributed by atoms with van der Waals surface area (Å²) in [4.78, 5) is 15.3. The molecule has 0 radical (unpaired) electrons. The third-order valence-electron chi connectivity index (χ3n) is 5.72. The molecule has 0 bridgehead atoms. The van der Waals surface area contributed by atoms with E-state index in [1.165, 1.54) is 28.9 Å². The Morgan fingerprint density at radius 1 is 1.31 bits per heavy atom. The molecule has 164 valence electrons. The Bertz CT molecular complexity index is 822. The molecule has 1 fully saturated rings. The molecule has 1 atom stereocenters. The van der Waals surface area contributed by atoms with Crippen molar-refractivity contribution in [2.75, 3.05) is 32.7 Å². The Balaban J connectivity index is 2.16. The topological polar surface area (TPSA) is 69.7 Å². The van der Waals surface area contributed by atoms with E-state index in [4.69, 9.17) is 11.6 Å². The molecule has 8 heteroatoms. The van der Waals surface area contributed by atoms with Crippen LogP contribution < -0.4 is 5.32 Å². The van der Waals surface area contributed by atoms with Gasteiger partial charge in [-0.1, -0.05) is 32.4 Å².